The van der Waals surface area contributed by atoms with Crippen LogP contribution in [-0.2, 0) is 25.6 Å². The molecule has 0 radical (unpaired) electrons. The van der Waals surface area contributed by atoms with Gasteiger partial charge in [-0.05, 0) is 24.6 Å². The second kappa shape index (κ2) is 7.93. The molecule has 2 atom stereocenters. The Balaban J connectivity index is 2.28. The van der Waals surface area contributed by atoms with Gasteiger partial charge in [0.1, 0.15) is 0 Å². The quantitative estimate of drug-likeness (QED) is 0.673. The molecule has 0 saturated carbocycles. The highest BCUT2D eigenvalue weighted by Crippen LogP contribution is 2.46. The fraction of sp³-hybridized carbons (Fsp3) is 1.00. The van der Waals surface area contributed by atoms with Crippen LogP contribution in [0, 0.1) is 5.92 Å². The van der Waals surface area contributed by atoms with Crippen LogP contribution in [0.15, 0.2) is 0 Å². The molecule has 0 amide bonds. The van der Waals surface area contributed by atoms with Crippen LogP contribution in [0.1, 0.15) is 20.8 Å². The van der Waals surface area contributed by atoms with Crippen LogP contribution in [0.3, 0.4) is 0 Å². The van der Waals surface area contributed by atoms with Crippen molar-refractivity contribution in [3.63, 3.8) is 0 Å². The van der Waals surface area contributed by atoms with Crippen molar-refractivity contribution in [2.75, 3.05) is 46.1 Å². The van der Waals surface area contributed by atoms with Gasteiger partial charge in [0.15, 0.2) is 6.49 Å². The van der Waals surface area contributed by atoms with Crippen LogP contribution in [-0.4, -0.2) is 57.1 Å². The zero-order chi connectivity index (χ0) is 13.6. The standard InChI is InChI=1S/C12H26NO3PS/c1-11(2)10-15-17(4,18)16-12(3)9-13-5-7-14-8-6-13/h11-12H,5-10H2,1-4H3/t12-,17-/m1/s1. The lowest BCUT2D eigenvalue weighted by atomic mass is 10.2. The molecule has 0 aromatic heterocycles. The van der Waals surface area contributed by atoms with E-state index in [1.54, 1.807) is 0 Å². The second-order valence-electron chi connectivity index (χ2n) is 5.29. The molecular formula is C12H26NO3PS. The SMILES string of the molecule is CC(C)CO[P@@](C)(=S)O[C@H](C)CN1CCOCC1. The predicted octanol–water partition coefficient (Wildman–Crippen LogP) is 2.34. The highest BCUT2D eigenvalue weighted by Gasteiger charge is 2.20. The maximum absolute atomic E-state index is 5.91. The molecule has 0 N–H and O–H groups in total. The van der Waals surface area contributed by atoms with E-state index in [9.17, 15) is 0 Å². The first-order valence-electron chi connectivity index (χ1n) is 6.59. The molecule has 1 heterocycles. The summed E-state index contributed by atoms with van der Waals surface area (Å²) in [6.45, 7) is 11.3. The van der Waals surface area contributed by atoms with E-state index in [0.29, 0.717) is 12.5 Å². The lowest BCUT2D eigenvalue weighted by molar-refractivity contribution is 0.0213. The zero-order valence-electron chi connectivity index (χ0n) is 11.9. The van der Waals surface area contributed by atoms with Gasteiger partial charge in [-0.1, -0.05) is 13.8 Å². The molecule has 0 spiro atoms. The molecule has 1 rings (SSSR count). The largest absolute Gasteiger partial charge is 0.379 e. The minimum Gasteiger partial charge on any atom is -0.379 e. The van der Waals surface area contributed by atoms with Gasteiger partial charge in [0, 0.05) is 26.3 Å². The van der Waals surface area contributed by atoms with Crippen LogP contribution in [0.25, 0.3) is 0 Å². The van der Waals surface area contributed by atoms with E-state index in [0.717, 1.165) is 32.8 Å². The van der Waals surface area contributed by atoms with Crippen molar-refractivity contribution in [1.29, 1.82) is 0 Å². The van der Waals surface area contributed by atoms with Crippen LogP contribution >= 0.6 is 6.49 Å². The smallest absolute Gasteiger partial charge is 0.185 e. The third-order valence-corrected chi connectivity index (χ3v) is 4.57. The third kappa shape index (κ3) is 7.17. The van der Waals surface area contributed by atoms with E-state index >= 15 is 0 Å². The molecular weight excluding hydrogens is 269 g/mol. The van der Waals surface area contributed by atoms with Crippen LogP contribution in [0.5, 0.6) is 0 Å². The summed E-state index contributed by atoms with van der Waals surface area (Å²) in [7, 11) is 0. The molecule has 1 fully saturated rings. The maximum Gasteiger partial charge on any atom is 0.185 e. The fourth-order valence-electron chi connectivity index (χ4n) is 1.82. The Morgan fingerprint density at radius 3 is 2.44 bits per heavy atom. The van der Waals surface area contributed by atoms with Gasteiger partial charge in [0.25, 0.3) is 0 Å². The van der Waals surface area contributed by atoms with Crippen molar-refractivity contribution >= 4 is 18.3 Å². The first kappa shape index (κ1) is 16.5. The van der Waals surface area contributed by atoms with Gasteiger partial charge in [-0.2, -0.15) is 0 Å². The van der Waals surface area contributed by atoms with E-state index in [1.165, 1.54) is 0 Å². The molecule has 1 aliphatic heterocycles. The predicted molar refractivity (Wildman–Crippen MR) is 78.8 cm³/mol. The molecule has 6 heteroatoms. The van der Waals surface area contributed by atoms with Gasteiger partial charge in [-0.15, -0.1) is 0 Å². The van der Waals surface area contributed by atoms with Gasteiger partial charge < -0.3 is 13.8 Å². The van der Waals surface area contributed by atoms with Crippen molar-refractivity contribution in [2.45, 2.75) is 26.9 Å². The molecule has 0 bridgehead atoms. The Morgan fingerprint density at radius 1 is 1.28 bits per heavy atom. The van der Waals surface area contributed by atoms with E-state index in [2.05, 4.69) is 25.7 Å². The first-order valence-corrected chi connectivity index (χ1v) is 9.68. The van der Waals surface area contributed by atoms with Crippen molar-refractivity contribution in [1.82, 2.24) is 4.90 Å². The monoisotopic (exact) mass is 295 g/mol. The molecule has 1 aliphatic rings. The van der Waals surface area contributed by atoms with E-state index in [4.69, 9.17) is 25.6 Å². The number of nitrogens with zero attached hydrogens (tertiary/aromatic N) is 1. The summed E-state index contributed by atoms with van der Waals surface area (Å²) in [6, 6.07) is 0. The lowest BCUT2D eigenvalue weighted by Gasteiger charge is -2.31. The molecule has 1 saturated heterocycles. The molecule has 0 unspecified atom stereocenters. The Hall–Kier alpha value is 0.490. The number of ether oxygens (including phenoxy) is 1. The van der Waals surface area contributed by atoms with Gasteiger partial charge in [0.05, 0.1) is 25.9 Å². The number of hydrogen-bond acceptors (Lipinski definition) is 5. The summed E-state index contributed by atoms with van der Waals surface area (Å²) in [5.74, 6) is 0.491. The summed E-state index contributed by atoms with van der Waals surface area (Å²) >= 11 is 5.43. The molecule has 0 aliphatic carbocycles. The van der Waals surface area contributed by atoms with Gasteiger partial charge >= 0.3 is 0 Å². The normalized spacial score (nSPS) is 22.9. The topological polar surface area (TPSA) is 30.9 Å². The fourth-order valence-corrected chi connectivity index (χ4v) is 3.80. The van der Waals surface area contributed by atoms with Gasteiger partial charge in [-0.3, -0.25) is 4.90 Å². The molecule has 108 valence electrons. The molecule has 0 aromatic carbocycles. The number of hydrogen-bond donors (Lipinski definition) is 0. The zero-order valence-corrected chi connectivity index (χ0v) is 13.6. The summed E-state index contributed by atoms with van der Waals surface area (Å²) in [5, 5.41) is 0. The van der Waals surface area contributed by atoms with Crippen molar-refractivity contribution in [3.05, 3.63) is 0 Å². The van der Waals surface area contributed by atoms with Crippen LogP contribution in [0.2, 0.25) is 0 Å². The van der Waals surface area contributed by atoms with Crippen molar-refractivity contribution < 1.29 is 13.8 Å². The minimum absolute atomic E-state index is 0.117. The number of rotatable bonds is 7. The molecule has 4 nitrogen and oxygen atoms in total. The van der Waals surface area contributed by atoms with Gasteiger partial charge in [-0.25, -0.2) is 0 Å². The summed E-state index contributed by atoms with van der Waals surface area (Å²) in [5.41, 5.74) is 0. The molecule has 18 heavy (non-hydrogen) atoms. The number of morpholine rings is 1. The Bertz CT molecular complexity index is 282. The van der Waals surface area contributed by atoms with Crippen molar-refractivity contribution in [3.8, 4) is 0 Å². The highest BCUT2D eigenvalue weighted by atomic mass is 32.5. The summed E-state index contributed by atoms with van der Waals surface area (Å²) in [4.78, 5) is 2.35. The second-order valence-corrected chi connectivity index (χ2v) is 9.29. The van der Waals surface area contributed by atoms with E-state index in [1.807, 2.05) is 6.66 Å². The van der Waals surface area contributed by atoms with Gasteiger partial charge in [0.2, 0.25) is 0 Å². The Labute approximate surface area is 116 Å². The third-order valence-electron chi connectivity index (χ3n) is 2.63. The van der Waals surface area contributed by atoms with E-state index < -0.39 is 6.49 Å². The minimum atomic E-state index is -2.09. The van der Waals surface area contributed by atoms with Crippen molar-refractivity contribution in [2.24, 2.45) is 5.92 Å². The summed E-state index contributed by atoms with van der Waals surface area (Å²) in [6.07, 6.45) is 0.117. The first-order chi connectivity index (χ1) is 8.39. The maximum atomic E-state index is 5.91. The van der Waals surface area contributed by atoms with Crippen LogP contribution in [0.4, 0.5) is 0 Å². The Morgan fingerprint density at radius 2 is 1.89 bits per heavy atom. The average Bonchev–Trinajstić information content (AvgIpc) is 2.27. The Kier molecular flexibility index (Phi) is 7.29. The van der Waals surface area contributed by atoms with Crippen LogP contribution < -0.4 is 0 Å². The highest BCUT2D eigenvalue weighted by molar-refractivity contribution is 8.09. The molecule has 0 aromatic rings. The summed E-state index contributed by atoms with van der Waals surface area (Å²) < 4.78 is 16.9. The average molecular weight is 295 g/mol. The lowest BCUT2D eigenvalue weighted by Crippen LogP contribution is -2.40. The van der Waals surface area contributed by atoms with E-state index in [-0.39, 0.29) is 6.10 Å².